The number of nitrogens with zero attached hydrogens (tertiary/aromatic N) is 1. The van der Waals surface area contributed by atoms with Crippen LogP contribution < -0.4 is 4.72 Å². The second kappa shape index (κ2) is 7.74. The van der Waals surface area contributed by atoms with Gasteiger partial charge in [-0.05, 0) is 30.2 Å². The molecule has 0 fully saturated rings. The maximum absolute atomic E-state index is 12.1. The van der Waals surface area contributed by atoms with Gasteiger partial charge >= 0.3 is 0 Å². The Morgan fingerprint density at radius 1 is 1.14 bits per heavy atom. The van der Waals surface area contributed by atoms with Gasteiger partial charge in [-0.15, -0.1) is 0 Å². The monoisotopic (exact) mass is 368 g/mol. The first-order valence-electron chi connectivity index (χ1n) is 6.73. The molecule has 0 radical (unpaired) electrons. The molecule has 9 heteroatoms. The third kappa shape index (κ3) is 6.21. The van der Waals surface area contributed by atoms with Crippen molar-refractivity contribution in [1.82, 2.24) is 9.03 Å². The lowest BCUT2D eigenvalue weighted by atomic mass is 10.2. The number of halogens is 1. The van der Waals surface area contributed by atoms with Gasteiger partial charge in [0, 0.05) is 24.7 Å². The summed E-state index contributed by atoms with van der Waals surface area (Å²) in [7, 11) is -7.04. The average Bonchev–Trinajstić information content (AvgIpc) is 2.36. The molecule has 0 unspecified atom stereocenters. The second-order valence-electron chi connectivity index (χ2n) is 5.37. The summed E-state index contributed by atoms with van der Waals surface area (Å²) in [6.07, 6.45) is 1.11. The molecule has 0 spiro atoms. The number of hydrogen-bond donors (Lipinski definition) is 1. The van der Waals surface area contributed by atoms with Gasteiger partial charge in [0.15, 0.2) is 0 Å². The van der Waals surface area contributed by atoms with Crippen molar-refractivity contribution in [2.45, 2.75) is 18.7 Å². The molecule has 0 aliphatic rings. The van der Waals surface area contributed by atoms with E-state index in [1.807, 2.05) is 13.8 Å². The van der Waals surface area contributed by atoms with E-state index in [-0.39, 0.29) is 23.9 Å². The minimum absolute atomic E-state index is 0.00471. The highest BCUT2D eigenvalue weighted by Crippen LogP contribution is 2.13. The van der Waals surface area contributed by atoms with Crippen LogP contribution in [0.1, 0.15) is 13.8 Å². The van der Waals surface area contributed by atoms with Crippen LogP contribution in [-0.2, 0) is 20.0 Å². The zero-order chi connectivity index (χ0) is 17.0. The molecule has 1 N–H and O–H groups in total. The summed E-state index contributed by atoms with van der Waals surface area (Å²) in [5.41, 5.74) is 0. The fourth-order valence-corrected chi connectivity index (χ4v) is 3.94. The third-order valence-electron chi connectivity index (χ3n) is 2.82. The van der Waals surface area contributed by atoms with Gasteiger partial charge in [0.2, 0.25) is 20.0 Å². The van der Waals surface area contributed by atoms with Gasteiger partial charge in [0.05, 0.1) is 11.2 Å². The van der Waals surface area contributed by atoms with Crippen LogP contribution in [0.3, 0.4) is 0 Å². The number of rotatable bonds is 8. The van der Waals surface area contributed by atoms with Crippen molar-refractivity contribution in [3.63, 3.8) is 0 Å². The van der Waals surface area contributed by atoms with Crippen LogP contribution >= 0.6 is 11.6 Å². The quantitative estimate of drug-likeness (QED) is 0.754. The van der Waals surface area contributed by atoms with Crippen LogP contribution in [0.2, 0.25) is 5.02 Å². The van der Waals surface area contributed by atoms with Crippen molar-refractivity contribution in [2.75, 3.05) is 25.9 Å². The summed E-state index contributed by atoms with van der Waals surface area (Å²) in [4.78, 5) is 0.0895. The molecule has 22 heavy (non-hydrogen) atoms. The van der Waals surface area contributed by atoms with E-state index < -0.39 is 20.0 Å². The summed E-state index contributed by atoms with van der Waals surface area (Å²) >= 11 is 5.72. The molecule has 126 valence electrons. The fraction of sp³-hybridized carbons (Fsp3) is 0.538. The topological polar surface area (TPSA) is 83.6 Å². The Kier molecular flexibility index (Phi) is 6.82. The lowest BCUT2D eigenvalue weighted by molar-refractivity contribution is 0.372. The smallest absolute Gasteiger partial charge is 0.213 e. The Balaban J connectivity index is 2.70. The van der Waals surface area contributed by atoms with Gasteiger partial charge in [-0.2, -0.15) is 0 Å². The number of hydrogen-bond acceptors (Lipinski definition) is 4. The molecular weight excluding hydrogens is 348 g/mol. The molecule has 0 aromatic heterocycles. The van der Waals surface area contributed by atoms with Crippen LogP contribution in [-0.4, -0.2) is 47.0 Å². The molecular formula is C13H21ClN2O4S2. The van der Waals surface area contributed by atoms with Crippen LogP contribution in [0, 0.1) is 5.92 Å². The van der Waals surface area contributed by atoms with E-state index in [1.165, 1.54) is 28.6 Å². The van der Waals surface area contributed by atoms with E-state index in [0.717, 1.165) is 6.26 Å². The van der Waals surface area contributed by atoms with E-state index in [4.69, 9.17) is 11.6 Å². The van der Waals surface area contributed by atoms with Gasteiger partial charge < -0.3 is 0 Å². The predicted molar refractivity (Wildman–Crippen MR) is 87.9 cm³/mol. The standard InChI is InChI=1S/C13H21ClN2O4S2/c1-11(2)10-16(21(3,17)18)9-8-15-22(19,20)13-6-4-12(14)5-7-13/h4-7,11,15H,8-10H2,1-3H3. The van der Waals surface area contributed by atoms with Gasteiger partial charge in [0.1, 0.15) is 0 Å². The van der Waals surface area contributed by atoms with Gasteiger partial charge in [0.25, 0.3) is 0 Å². The van der Waals surface area contributed by atoms with Crippen molar-refractivity contribution < 1.29 is 16.8 Å². The van der Waals surface area contributed by atoms with E-state index in [1.54, 1.807) is 0 Å². The fourth-order valence-electron chi connectivity index (χ4n) is 1.80. The van der Waals surface area contributed by atoms with Crippen molar-refractivity contribution in [1.29, 1.82) is 0 Å². The minimum atomic E-state index is -3.68. The Morgan fingerprint density at radius 2 is 1.68 bits per heavy atom. The van der Waals surface area contributed by atoms with Crippen molar-refractivity contribution in [2.24, 2.45) is 5.92 Å². The van der Waals surface area contributed by atoms with E-state index in [2.05, 4.69) is 4.72 Å². The van der Waals surface area contributed by atoms with Gasteiger partial charge in [-0.25, -0.2) is 25.9 Å². The molecule has 1 aromatic rings. The molecule has 1 aromatic carbocycles. The first kappa shape index (κ1) is 19.4. The molecule has 0 atom stereocenters. The summed E-state index contributed by atoms with van der Waals surface area (Å²) in [5, 5.41) is 0.444. The lowest BCUT2D eigenvalue weighted by Gasteiger charge is -2.22. The molecule has 0 amide bonds. The maximum Gasteiger partial charge on any atom is 0.240 e. The number of nitrogens with one attached hydrogen (secondary N) is 1. The summed E-state index contributed by atoms with van der Waals surface area (Å²) in [5.74, 6) is 0.155. The van der Waals surface area contributed by atoms with E-state index in [0.29, 0.717) is 11.6 Å². The minimum Gasteiger partial charge on any atom is -0.213 e. The second-order valence-corrected chi connectivity index (χ2v) is 9.55. The van der Waals surface area contributed by atoms with Crippen LogP contribution in [0.15, 0.2) is 29.2 Å². The number of benzene rings is 1. The average molecular weight is 369 g/mol. The first-order valence-corrected chi connectivity index (χ1v) is 10.4. The number of sulfonamides is 2. The molecule has 0 aliphatic carbocycles. The summed E-state index contributed by atoms with van der Waals surface area (Å²) in [6, 6.07) is 5.76. The summed E-state index contributed by atoms with van der Waals surface area (Å²) in [6.45, 7) is 4.24. The first-order chi connectivity index (χ1) is 10.0. The zero-order valence-electron chi connectivity index (χ0n) is 12.8. The van der Waals surface area contributed by atoms with Crippen molar-refractivity contribution in [3.05, 3.63) is 29.3 Å². The SMILES string of the molecule is CC(C)CN(CCNS(=O)(=O)c1ccc(Cl)cc1)S(C)(=O)=O. The highest BCUT2D eigenvalue weighted by Gasteiger charge is 2.19. The summed E-state index contributed by atoms with van der Waals surface area (Å²) < 4.78 is 51.1. The molecule has 0 heterocycles. The zero-order valence-corrected chi connectivity index (χ0v) is 15.2. The predicted octanol–water partition coefficient (Wildman–Crippen LogP) is 1.54. The molecule has 0 aliphatic heterocycles. The molecule has 6 nitrogen and oxygen atoms in total. The lowest BCUT2D eigenvalue weighted by Crippen LogP contribution is -2.39. The highest BCUT2D eigenvalue weighted by molar-refractivity contribution is 7.89. The molecule has 0 saturated carbocycles. The van der Waals surface area contributed by atoms with Crippen molar-refractivity contribution in [3.8, 4) is 0 Å². The Hall–Kier alpha value is -0.670. The van der Waals surface area contributed by atoms with E-state index in [9.17, 15) is 16.8 Å². The Morgan fingerprint density at radius 3 is 2.14 bits per heavy atom. The highest BCUT2D eigenvalue weighted by atomic mass is 35.5. The van der Waals surface area contributed by atoms with Gasteiger partial charge in [-0.3, -0.25) is 0 Å². The van der Waals surface area contributed by atoms with Gasteiger partial charge in [-0.1, -0.05) is 25.4 Å². The van der Waals surface area contributed by atoms with Crippen LogP contribution in [0.4, 0.5) is 0 Å². The third-order valence-corrected chi connectivity index (χ3v) is 5.81. The normalized spacial score (nSPS) is 13.0. The Bertz CT molecular complexity index is 685. The Labute approximate surface area is 137 Å². The largest absolute Gasteiger partial charge is 0.240 e. The van der Waals surface area contributed by atoms with Crippen LogP contribution in [0.5, 0.6) is 0 Å². The molecule has 1 rings (SSSR count). The van der Waals surface area contributed by atoms with Crippen LogP contribution in [0.25, 0.3) is 0 Å². The maximum atomic E-state index is 12.1. The molecule has 0 saturated heterocycles. The van der Waals surface area contributed by atoms with E-state index >= 15 is 0 Å². The van der Waals surface area contributed by atoms with Crippen molar-refractivity contribution >= 4 is 31.6 Å². The molecule has 0 bridgehead atoms.